The number of aryl methyl sites for hydroxylation is 1. The molecule has 0 saturated heterocycles. The first-order valence-electron chi connectivity index (χ1n) is 9.37. The Morgan fingerprint density at radius 1 is 0.931 bits per heavy atom. The monoisotopic (exact) mass is 383 g/mol. The molecule has 0 aliphatic carbocycles. The first-order chi connectivity index (χ1) is 14.0. The highest BCUT2D eigenvalue weighted by Crippen LogP contribution is 2.23. The highest BCUT2D eigenvalue weighted by Gasteiger charge is 2.16. The molecule has 0 radical (unpaired) electrons. The predicted octanol–water partition coefficient (Wildman–Crippen LogP) is 4.35. The number of benzene rings is 3. The van der Waals surface area contributed by atoms with Gasteiger partial charge in [0.2, 0.25) is 5.91 Å². The highest BCUT2D eigenvalue weighted by atomic mass is 16.2. The second-order valence-electron chi connectivity index (χ2n) is 7.01. The molecule has 0 unspecified atom stereocenters. The van der Waals surface area contributed by atoms with E-state index in [0.29, 0.717) is 23.5 Å². The Labute approximate surface area is 168 Å². The van der Waals surface area contributed by atoms with Crippen molar-refractivity contribution >= 4 is 28.4 Å². The maximum Gasteiger partial charge on any atom is 0.272 e. The van der Waals surface area contributed by atoms with Crippen molar-refractivity contribution in [2.24, 2.45) is 5.73 Å². The van der Waals surface area contributed by atoms with Crippen LogP contribution in [0.15, 0.2) is 78.9 Å². The number of fused-ring (bicyclic) bond motifs is 1. The summed E-state index contributed by atoms with van der Waals surface area (Å²) in [7, 11) is 0. The zero-order valence-electron chi connectivity index (χ0n) is 16.1. The fourth-order valence-corrected chi connectivity index (χ4v) is 3.55. The van der Waals surface area contributed by atoms with E-state index in [1.165, 1.54) is 0 Å². The molecule has 4 aromatic rings. The van der Waals surface area contributed by atoms with Crippen LogP contribution in [0.1, 0.15) is 32.0 Å². The van der Waals surface area contributed by atoms with Gasteiger partial charge in [0.1, 0.15) is 5.69 Å². The lowest BCUT2D eigenvalue weighted by atomic mass is 10.1. The number of carbonyl (C=O) groups excluding carboxylic acids is 2. The van der Waals surface area contributed by atoms with Gasteiger partial charge in [-0.1, -0.05) is 48.5 Å². The minimum atomic E-state index is -0.483. The summed E-state index contributed by atoms with van der Waals surface area (Å²) in [6.07, 6.45) is 0. The first kappa shape index (κ1) is 18.5. The molecule has 1 aromatic heterocycles. The molecule has 5 nitrogen and oxygen atoms in total. The Hall–Kier alpha value is -3.86. The summed E-state index contributed by atoms with van der Waals surface area (Å²) >= 11 is 0. The third-order valence-electron chi connectivity index (χ3n) is 4.98. The van der Waals surface area contributed by atoms with E-state index in [9.17, 15) is 9.59 Å². The third-order valence-corrected chi connectivity index (χ3v) is 4.98. The third kappa shape index (κ3) is 3.75. The minimum absolute atomic E-state index is 0.205. The van der Waals surface area contributed by atoms with Gasteiger partial charge in [0.25, 0.3) is 5.91 Å². The maximum atomic E-state index is 13.1. The van der Waals surface area contributed by atoms with Gasteiger partial charge in [-0.2, -0.15) is 0 Å². The molecule has 4 rings (SSSR count). The number of hydrogen-bond donors (Lipinski definition) is 2. The number of nitrogens with one attached hydrogen (secondary N) is 1. The second kappa shape index (κ2) is 7.64. The normalized spacial score (nSPS) is 10.8. The molecule has 3 aromatic carbocycles. The number of amides is 2. The Morgan fingerprint density at radius 3 is 2.38 bits per heavy atom. The van der Waals surface area contributed by atoms with Gasteiger partial charge < -0.3 is 15.6 Å². The zero-order chi connectivity index (χ0) is 20.4. The molecule has 3 N–H and O–H groups in total. The number of nitrogens with two attached hydrogens (primary N) is 1. The smallest absolute Gasteiger partial charge is 0.272 e. The maximum absolute atomic E-state index is 13.1. The lowest BCUT2D eigenvalue weighted by Gasteiger charge is -2.12. The number of carbonyl (C=O) groups is 2. The largest absolute Gasteiger partial charge is 0.366 e. The molecule has 0 atom stereocenters. The number of anilines is 1. The van der Waals surface area contributed by atoms with Gasteiger partial charge in [-0.05, 0) is 48.4 Å². The van der Waals surface area contributed by atoms with Gasteiger partial charge in [-0.15, -0.1) is 0 Å². The number of para-hydroxylation sites is 1. The molecule has 5 heteroatoms. The van der Waals surface area contributed by atoms with Crippen LogP contribution in [-0.4, -0.2) is 16.4 Å². The Bertz CT molecular complexity index is 1210. The van der Waals surface area contributed by atoms with Crippen LogP contribution in [0.4, 0.5) is 5.69 Å². The van der Waals surface area contributed by atoms with Crippen LogP contribution in [0.3, 0.4) is 0 Å². The average molecular weight is 383 g/mol. The molecule has 29 heavy (non-hydrogen) atoms. The SMILES string of the molecule is Cc1cc(NC(=O)c2cc3ccccc3n2Cc2ccccc2)ccc1C(N)=O. The molecule has 0 spiro atoms. The van der Waals surface area contributed by atoms with Gasteiger partial charge in [-0.3, -0.25) is 9.59 Å². The van der Waals surface area contributed by atoms with Crippen molar-refractivity contribution in [1.82, 2.24) is 4.57 Å². The van der Waals surface area contributed by atoms with E-state index >= 15 is 0 Å². The first-order valence-corrected chi connectivity index (χ1v) is 9.37. The van der Waals surface area contributed by atoms with Crippen molar-refractivity contribution < 1.29 is 9.59 Å². The summed E-state index contributed by atoms with van der Waals surface area (Å²) in [5.41, 5.74) is 9.84. The fraction of sp³-hybridized carbons (Fsp3) is 0.0833. The van der Waals surface area contributed by atoms with E-state index in [1.807, 2.05) is 65.2 Å². The highest BCUT2D eigenvalue weighted by molar-refractivity contribution is 6.06. The Morgan fingerprint density at radius 2 is 1.66 bits per heavy atom. The number of primary amides is 1. The van der Waals surface area contributed by atoms with Crippen LogP contribution in [0.25, 0.3) is 10.9 Å². The van der Waals surface area contributed by atoms with E-state index in [4.69, 9.17) is 5.73 Å². The van der Waals surface area contributed by atoms with Gasteiger partial charge in [0, 0.05) is 28.7 Å². The van der Waals surface area contributed by atoms with Crippen LogP contribution in [0.5, 0.6) is 0 Å². The summed E-state index contributed by atoms with van der Waals surface area (Å²) in [6, 6.07) is 25.0. The average Bonchev–Trinajstić information content (AvgIpc) is 3.07. The number of nitrogens with zero attached hydrogens (tertiary/aromatic N) is 1. The summed E-state index contributed by atoms with van der Waals surface area (Å²) in [4.78, 5) is 24.5. The topological polar surface area (TPSA) is 77.1 Å². The lowest BCUT2D eigenvalue weighted by Crippen LogP contribution is -2.18. The van der Waals surface area contributed by atoms with Crippen LogP contribution >= 0.6 is 0 Å². The summed E-state index contributed by atoms with van der Waals surface area (Å²) in [5, 5.41) is 3.95. The summed E-state index contributed by atoms with van der Waals surface area (Å²) < 4.78 is 2.02. The molecule has 0 bridgehead atoms. The van der Waals surface area contributed by atoms with Crippen LogP contribution in [-0.2, 0) is 6.54 Å². The molecule has 1 heterocycles. The van der Waals surface area contributed by atoms with Crippen molar-refractivity contribution in [3.63, 3.8) is 0 Å². The molecule has 0 aliphatic rings. The van der Waals surface area contributed by atoms with Crippen molar-refractivity contribution in [2.75, 3.05) is 5.32 Å². The molecular formula is C24H21N3O2. The van der Waals surface area contributed by atoms with Crippen molar-refractivity contribution in [2.45, 2.75) is 13.5 Å². The fourth-order valence-electron chi connectivity index (χ4n) is 3.55. The van der Waals surface area contributed by atoms with Crippen LogP contribution in [0.2, 0.25) is 0 Å². The van der Waals surface area contributed by atoms with Crippen molar-refractivity contribution in [1.29, 1.82) is 0 Å². The van der Waals surface area contributed by atoms with E-state index in [0.717, 1.165) is 22.0 Å². The molecular weight excluding hydrogens is 362 g/mol. The summed E-state index contributed by atoms with van der Waals surface area (Å²) in [5.74, 6) is -0.688. The number of aromatic nitrogens is 1. The minimum Gasteiger partial charge on any atom is -0.366 e. The van der Waals surface area contributed by atoms with Crippen LogP contribution < -0.4 is 11.1 Å². The molecule has 0 fully saturated rings. The van der Waals surface area contributed by atoms with E-state index in [1.54, 1.807) is 25.1 Å². The lowest BCUT2D eigenvalue weighted by molar-refractivity contribution is 0.0997. The Kier molecular flexibility index (Phi) is 4.87. The van der Waals surface area contributed by atoms with E-state index in [2.05, 4.69) is 5.32 Å². The van der Waals surface area contributed by atoms with Gasteiger partial charge >= 0.3 is 0 Å². The van der Waals surface area contributed by atoms with Crippen LogP contribution in [0, 0.1) is 6.92 Å². The molecule has 0 aliphatic heterocycles. The van der Waals surface area contributed by atoms with Crippen molar-refractivity contribution in [3.8, 4) is 0 Å². The van der Waals surface area contributed by atoms with Gasteiger partial charge in [0.05, 0.1) is 0 Å². The van der Waals surface area contributed by atoms with Gasteiger partial charge in [0.15, 0.2) is 0 Å². The Balaban J connectivity index is 1.69. The van der Waals surface area contributed by atoms with E-state index < -0.39 is 5.91 Å². The molecule has 2 amide bonds. The number of rotatable bonds is 5. The number of hydrogen-bond acceptors (Lipinski definition) is 2. The molecule has 144 valence electrons. The van der Waals surface area contributed by atoms with Gasteiger partial charge in [-0.25, -0.2) is 0 Å². The zero-order valence-corrected chi connectivity index (χ0v) is 16.1. The van der Waals surface area contributed by atoms with E-state index in [-0.39, 0.29) is 5.91 Å². The second-order valence-corrected chi connectivity index (χ2v) is 7.01. The molecule has 0 saturated carbocycles. The van der Waals surface area contributed by atoms with Crippen molar-refractivity contribution in [3.05, 3.63) is 101 Å². The standard InChI is InChI=1S/C24H21N3O2/c1-16-13-19(11-12-20(16)23(25)28)26-24(29)22-14-18-9-5-6-10-21(18)27(22)15-17-7-3-2-4-8-17/h2-14H,15H2,1H3,(H2,25,28)(H,26,29). The quantitative estimate of drug-likeness (QED) is 0.537. The summed E-state index contributed by atoms with van der Waals surface area (Å²) in [6.45, 7) is 2.39. The predicted molar refractivity (Wildman–Crippen MR) is 115 cm³/mol.